The fourth-order valence-corrected chi connectivity index (χ4v) is 2.82. The van der Waals surface area contributed by atoms with E-state index in [9.17, 15) is 4.79 Å². The summed E-state index contributed by atoms with van der Waals surface area (Å²) in [5.74, 6) is 0.419. The lowest BCUT2D eigenvalue weighted by molar-refractivity contribution is -0.127. The molecule has 0 bridgehead atoms. The molecule has 1 fully saturated rings. The lowest BCUT2D eigenvalue weighted by Crippen LogP contribution is -2.56. The van der Waals surface area contributed by atoms with Gasteiger partial charge in [0.1, 0.15) is 5.54 Å². The van der Waals surface area contributed by atoms with Crippen molar-refractivity contribution in [2.75, 3.05) is 19.8 Å². The van der Waals surface area contributed by atoms with Crippen LogP contribution in [-0.4, -0.2) is 25.7 Å². The van der Waals surface area contributed by atoms with Gasteiger partial charge in [-0.1, -0.05) is 56.5 Å². The molecule has 1 aromatic carbocycles. The average Bonchev–Trinajstić information content (AvgIpc) is 2.44. The summed E-state index contributed by atoms with van der Waals surface area (Å²) >= 11 is 0. The molecular weight excluding hydrogens is 264 g/mol. The van der Waals surface area contributed by atoms with Gasteiger partial charge >= 0.3 is 0 Å². The number of carbonyl (C=O) groups is 1. The molecule has 116 valence electrons. The Balaban J connectivity index is 2.01. The first-order valence-electron chi connectivity index (χ1n) is 7.87. The van der Waals surface area contributed by atoms with E-state index in [2.05, 4.69) is 5.32 Å². The number of hydrogen-bond donors (Lipinski definition) is 2. The molecule has 1 aromatic rings. The molecule has 1 unspecified atom stereocenters. The van der Waals surface area contributed by atoms with Gasteiger partial charge in [0, 0.05) is 6.61 Å². The number of ether oxygens (including phenoxy) is 1. The number of rotatable bonds is 9. The molecule has 4 heteroatoms. The van der Waals surface area contributed by atoms with Gasteiger partial charge in [0.2, 0.25) is 5.91 Å². The summed E-state index contributed by atoms with van der Waals surface area (Å²) in [6.45, 7) is 3.60. The Hall–Kier alpha value is -1.39. The van der Waals surface area contributed by atoms with Crippen LogP contribution in [0.1, 0.15) is 38.2 Å². The van der Waals surface area contributed by atoms with Gasteiger partial charge in [0.25, 0.3) is 0 Å². The number of carbonyl (C=O) groups excluding carboxylic acids is 1. The maximum atomic E-state index is 12.1. The molecular formula is C17H26N2O2. The van der Waals surface area contributed by atoms with E-state index in [0.29, 0.717) is 13.2 Å². The van der Waals surface area contributed by atoms with Crippen molar-refractivity contribution < 1.29 is 9.53 Å². The number of amides is 1. The van der Waals surface area contributed by atoms with Gasteiger partial charge < -0.3 is 10.5 Å². The molecule has 0 aliphatic heterocycles. The molecule has 1 atom stereocenters. The van der Waals surface area contributed by atoms with Crippen LogP contribution in [0.25, 0.3) is 0 Å². The molecule has 2 rings (SSSR count). The van der Waals surface area contributed by atoms with Crippen LogP contribution in [0.2, 0.25) is 0 Å². The topological polar surface area (TPSA) is 64.3 Å². The molecule has 0 saturated heterocycles. The average molecular weight is 290 g/mol. The van der Waals surface area contributed by atoms with Crippen LogP contribution in [0.3, 0.4) is 0 Å². The van der Waals surface area contributed by atoms with E-state index in [4.69, 9.17) is 10.5 Å². The Bertz CT molecular complexity index is 445. The van der Waals surface area contributed by atoms with Crippen molar-refractivity contribution in [2.45, 2.75) is 38.1 Å². The predicted molar refractivity (Wildman–Crippen MR) is 83.8 cm³/mol. The Morgan fingerprint density at radius 3 is 2.62 bits per heavy atom. The third-order valence-electron chi connectivity index (χ3n) is 4.38. The molecule has 21 heavy (non-hydrogen) atoms. The Morgan fingerprint density at radius 1 is 1.38 bits per heavy atom. The zero-order valence-corrected chi connectivity index (χ0v) is 12.8. The zero-order chi connectivity index (χ0) is 15.1. The molecule has 0 radical (unpaired) electrons. The summed E-state index contributed by atoms with van der Waals surface area (Å²) in [5.41, 5.74) is 5.62. The van der Waals surface area contributed by atoms with Gasteiger partial charge in [-0.15, -0.1) is 0 Å². The summed E-state index contributed by atoms with van der Waals surface area (Å²) < 4.78 is 5.81. The monoisotopic (exact) mass is 290 g/mol. The van der Waals surface area contributed by atoms with Crippen LogP contribution in [-0.2, 0) is 15.1 Å². The van der Waals surface area contributed by atoms with E-state index in [1.165, 1.54) is 19.3 Å². The summed E-state index contributed by atoms with van der Waals surface area (Å²) in [7, 11) is 0. The van der Waals surface area contributed by atoms with Crippen molar-refractivity contribution in [3.05, 3.63) is 35.9 Å². The lowest BCUT2D eigenvalue weighted by atomic mass is 9.83. The van der Waals surface area contributed by atoms with Crippen molar-refractivity contribution in [1.29, 1.82) is 0 Å². The maximum Gasteiger partial charge on any atom is 0.244 e. The quantitative estimate of drug-likeness (QED) is 0.685. The van der Waals surface area contributed by atoms with Crippen LogP contribution in [0.5, 0.6) is 0 Å². The van der Waals surface area contributed by atoms with Crippen molar-refractivity contribution in [3.63, 3.8) is 0 Å². The zero-order valence-electron chi connectivity index (χ0n) is 12.8. The van der Waals surface area contributed by atoms with Gasteiger partial charge in [0.05, 0.1) is 6.61 Å². The molecule has 0 heterocycles. The second-order valence-corrected chi connectivity index (χ2v) is 5.80. The molecule has 3 N–H and O–H groups in total. The van der Waals surface area contributed by atoms with E-state index in [1.54, 1.807) is 0 Å². The molecule has 0 spiro atoms. The van der Waals surface area contributed by atoms with E-state index in [0.717, 1.165) is 17.9 Å². The third-order valence-corrected chi connectivity index (χ3v) is 4.38. The standard InChI is InChI=1S/C17H26N2O2/c1-2-19-17(16(18)20,15-9-4-3-5-10-15)13-21-12-11-14-7-6-8-14/h3-5,9-10,14,19H,2,6-8,11-13H2,1H3,(H2,18,20). The molecule has 4 nitrogen and oxygen atoms in total. The molecule has 1 amide bonds. The van der Waals surface area contributed by atoms with Gasteiger partial charge in [-0.05, 0) is 24.4 Å². The van der Waals surface area contributed by atoms with Crippen LogP contribution < -0.4 is 11.1 Å². The lowest BCUT2D eigenvalue weighted by Gasteiger charge is -2.32. The largest absolute Gasteiger partial charge is 0.379 e. The first-order valence-corrected chi connectivity index (χ1v) is 7.87. The molecule has 1 saturated carbocycles. The van der Waals surface area contributed by atoms with E-state index < -0.39 is 5.54 Å². The normalized spacial score (nSPS) is 18.0. The number of benzene rings is 1. The van der Waals surface area contributed by atoms with E-state index in [-0.39, 0.29) is 12.5 Å². The van der Waals surface area contributed by atoms with Crippen molar-refractivity contribution in [2.24, 2.45) is 11.7 Å². The van der Waals surface area contributed by atoms with Crippen LogP contribution in [0.15, 0.2) is 30.3 Å². The highest BCUT2D eigenvalue weighted by Crippen LogP contribution is 2.29. The first-order chi connectivity index (χ1) is 10.2. The Labute approximate surface area is 127 Å². The summed E-state index contributed by atoms with van der Waals surface area (Å²) in [6, 6.07) is 9.60. The van der Waals surface area contributed by atoms with E-state index in [1.807, 2.05) is 37.3 Å². The summed E-state index contributed by atoms with van der Waals surface area (Å²) in [6.07, 6.45) is 5.06. The minimum Gasteiger partial charge on any atom is -0.379 e. The number of nitrogens with two attached hydrogens (primary N) is 1. The summed E-state index contributed by atoms with van der Waals surface area (Å²) in [5, 5.41) is 3.23. The Morgan fingerprint density at radius 2 is 2.10 bits per heavy atom. The highest BCUT2D eigenvalue weighted by Gasteiger charge is 2.38. The van der Waals surface area contributed by atoms with Gasteiger partial charge in [-0.3, -0.25) is 10.1 Å². The highest BCUT2D eigenvalue weighted by molar-refractivity contribution is 5.86. The third kappa shape index (κ3) is 3.83. The second kappa shape index (κ2) is 7.57. The van der Waals surface area contributed by atoms with Crippen molar-refractivity contribution in [3.8, 4) is 0 Å². The number of likely N-dealkylation sites (N-methyl/N-ethyl adjacent to an activating group) is 1. The fourth-order valence-electron chi connectivity index (χ4n) is 2.82. The minimum absolute atomic E-state index is 0.285. The van der Waals surface area contributed by atoms with Crippen LogP contribution in [0, 0.1) is 5.92 Å². The maximum absolute atomic E-state index is 12.1. The van der Waals surface area contributed by atoms with Crippen molar-refractivity contribution >= 4 is 5.91 Å². The van der Waals surface area contributed by atoms with Gasteiger partial charge in [-0.25, -0.2) is 0 Å². The SMILES string of the molecule is CCNC(COCCC1CCC1)(C(N)=O)c1ccccc1. The number of primary amides is 1. The highest BCUT2D eigenvalue weighted by atomic mass is 16.5. The molecule has 1 aliphatic carbocycles. The summed E-state index contributed by atoms with van der Waals surface area (Å²) in [4.78, 5) is 12.1. The van der Waals surface area contributed by atoms with Crippen LogP contribution in [0.4, 0.5) is 0 Å². The number of hydrogen-bond acceptors (Lipinski definition) is 3. The molecule has 0 aromatic heterocycles. The molecule has 1 aliphatic rings. The second-order valence-electron chi connectivity index (χ2n) is 5.80. The smallest absolute Gasteiger partial charge is 0.244 e. The van der Waals surface area contributed by atoms with Gasteiger partial charge in [0.15, 0.2) is 0 Å². The minimum atomic E-state index is -0.935. The first kappa shape index (κ1) is 16.0. The van der Waals surface area contributed by atoms with Gasteiger partial charge in [-0.2, -0.15) is 0 Å². The van der Waals surface area contributed by atoms with E-state index >= 15 is 0 Å². The number of nitrogens with one attached hydrogen (secondary N) is 1. The van der Waals surface area contributed by atoms with Crippen molar-refractivity contribution in [1.82, 2.24) is 5.32 Å². The Kier molecular flexibility index (Phi) is 5.76. The predicted octanol–water partition coefficient (Wildman–Crippen LogP) is 2.18. The van der Waals surface area contributed by atoms with Crippen LogP contribution >= 0.6 is 0 Å². The fraction of sp³-hybridized carbons (Fsp3) is 0.588.